The number of benzene rings is 1. The Kier molecular flexibility index (Phi) is 7.20. The molecule has 2 N–H and O–H groups in total. The topological polar surface area (TPSA) is 80.7 Å². The van der Waals surface area contributed by atoms with Crippen LogP contribution in [0.5, 0.6) is 5.75 Å². The van der Waals surface area contributed by atoms with Gasteiger partial charge in [-0.05, 0) is 67.5 Å². The Hall–Kier alpha value is -3.43. The lowest BCUT2D eigenvalue weighted by molar-refractivity contribution is -0.119. The lowest BCUT2D eigenvalue weighted by Crippen LogP contribution is -2.31. The van der Waals surface area contributed by atoms with Crippen LogP contribution in [0.1, 0.15) is 55.2 Å². The van der Waals surface area contributed by atoms with Gasteiger partial charge in [-0.1, -0.05) is 18.9 Å². The van der Waals surface area contributed by atoms with E-state index in [9.17, 15) is 4.79 Å². The zero-order valence-electron chi connectivity index (χ0n) is 20.5. The lowest BCUT2D eigenvalue weighted by Gasteiger charge is -2.31. The third kappa shape index (κ3) is 4.68. The number of methoxy groups -OCH3 is 2. The molecule has 2 fully saturated rings. The van der Waals surface area contributed by atoms with Crippen molar-refractivity contribution in [3.05, 3.63) is 72.3 Å². The predicted octanol–water partition coefficient (Wildman–Crippen LogP) is 4.77. The number of amides is 1. The standard InChI is InChI=1S/C27H31N5O3S/c1-34-17-24(33)29-21-16-19(12-13-23(21)35-2)32-26(22-11-7-15-31(22)18-8-3-4-9-18)25(30-27(32)36)20-10-5-6-14-28-20/h5-7,10-16,18,25-26H,3-4,8-9,17H2,1-2H3,(H,29,33)(H,30,36). The zero-order valence-corrected chi connectivity index (χ0v) is 21.3. The first-order valence-electron chi connectivity index (χ1n) is 12.2. The Morgan fingerprint density at radius 2 is 2.00 bits per heavy atom. The van der Waals surface area contributed by atoms with Gasteiger partial charge in [-0.2, -0.15) is 0 Å². The Bertz CT molecular complexity index is 1230. The molecular formula is C27H31N5O3S. The van der Waals surface area contributed by atoms with Crippen LogP contribution in [0.3, 0.4) is 0 Å². The van der Waals surface area contributed by atoms with E-state index in [4.69, 9.17) is 21.7 Å². The molecule has 36 heavy (non-hydrogen) atoms. The number of aromatic nitrogens is 2. The minimum atomic E-state index is -0.256. The van der Waals surface area contributed by atoms with Gasteiger partial charge in [0.2, 0.25) is 5.91 Å². The second-order valence-corrected chi connectivity index (χ2v) is 9.53. The van der Waals surface area contributed by atoms with Crippen LogP contribution in [0.2, 0.25) is 0 Å². The van der Waals surface area contributed by atoms with Crippen molar-refractivity contribution in [1.29, 1.82) is 0 Å². The van der Waals surface area contributed by atoms with Crippen molar-refractivity contribution >= 4 is 34.6 Å². The second kappa shape index (κ2) is 10.7. The molecule has 2 aliphatic rings. The molecule has 1 aromatic carbocycles. The molecule has 3 heterocycles. The second-order valence-electron chi connectivity index (χ2n) is 9.14. The van der Waals surface area contributed by atoms with Crippen LogP contribution < -0.4 is 20.3 Å². The summed E-state index contributed by atoms with van der Waals surface area (Å²) >= 11 is 5.90. The Morgan fingerprint density at radius 1 is 1.17 bits per heavy atom. The fraction of sp³-hybridized carbons (Fsp3) is 0.370. The minimum Gasteiger partial charge on any atom is -0.495 e. The van der Waals surface area contributed by atoms with E-state index in [2.05, 4.69) is 43.4 Å². The summed E-state index contributed by atoms with van der Waals surface area (Å²) in [6.07, 6.45) is 8.86. The summed E-state index contributed by atoms with van der Waals surface area (Å²) in [5.74, 6) is 0.307. The Balaban J connectivity index is 1.59. The maximum Gasteiger partial charge on any atom is 0.250 e. The summed E-state index contributed by atoms with van der Waals surface area (Å²) in [5.41, 5.74) is 3.52. The van der Waals surface area contributed by atoms with Gasteiger partial charge in [0.1, 0.15) is 18.4 Å². The highest BCUT2D eigenvalue weighted by atomic mass is 32.1. The van der Waals surface area contributed by atoms with Gasteiger partial charge in [0.25, 0.3) is 0 Å². The van der Waals surface area contributed by atoms with Crippen molar-refractivity contribution in [2.45, 2.75) is 43.8 Å². The number of anilines is 2. The highest BCUT2D eigenvalue weighted by Gasteiger charge is 2.42. The molecule has 8 nitrogen and oxygen atoms in total. The number of ether oxygens (including phenoxy) is 2. The normalized spacial score (nSPS) is 19.9. The maximum atomic E-state index is 12.3. The monoisotopic (exact) mass is 505 g/mol. The van der Waals surface area contributed by atoms with Crippen molar-refractivity contribution in [3.63, 3.8) is 0 Å². The summed E-state index contributed by atoms with van der Waals surface area (Å²) < 4.78 is 12.9. The number of nitrogens with one attached hydrogen (secondary N) is 2. The molecule has 2 unspecified atom stereocenters. The van der Waals surface area contributed by atoms with Crippen LogP contribution in [-0.4, -0.2) is 41.4 Å². The van der Waals surface area contributed by atoms with E-state index >= 15 is 0 Å². The third-order valence-corrected chi connectivity index (χ3v) is 7.26. The molecule has 3 aromatic rings. The molecule has 0 bridgehead atoms. The summed E-state index contributed by atoms with van der Waals surface area (Å²) in [5, 5.41) is 7.03. The fourth-order valence-corrected chi connectivity index (χ4v) is 5.71. The van der Waals surface area contributed by atoms with E-state index in [0.717, 1.165) is 11.4 Å². The van der Waals surface area contributed by atoms with Gasteiger partial charge in [-0.15, -0.1) is 0 Å². The van der Waals surface area contributed by atoms with Gasteiger partial charge in [0, 0.05) is 36.9 Å². The van der Waals surface area contributed by atoms with Crippen molar-refractivity contribution in [1.82, 2.24) is 14.9 Å². The number of nitrogens with zero attached hydrogens (tertiary/aromatic N) is 3. The summed E-state index contributed by atoms with van der Waals surface area (Å²) in [7, 11) is 3.07. The molecule has 5 rings (SSSR count). The average molecular weight is 506 g/mol. The average Bonchev–Trinajstić information content (AvgIpc) is 3.64. The number of carbonyl (C=O) groups is 1. The van der Waals surface area contributed by atoms with E-state index in [0.29, 0.717) is 22.6 Å². The lowest BCUT2D eigenvalue weighted by atomic mass is 10.00. The maximum absolute atomic E-state index is 12.3. The SMILES string of the molecule is COCC(=O)Nc1cc(N2C(=S)NC(c3ccccn3)C2c2cccn2C2CCCC2)ccc1OC. The van der Waals surface area contributed by atoms with Gasteiger partial charge < -0.3 is 29.6 Å². The van der Waals surface area contributed by atoms with E-state index in [1.54, 1.807) is 7.11 Å². The highest BCUT2D eigenvalue weighted by molar-refractivity contribution is 7.80. The van der Waals surface area contributed by atoms with Crippen molar-refractivity contribution in [2.24, 2.45) is 0 Å². The van der Waals surface area contributed by atoms with Crippen LogP contribution in [-0.2, 0) is 9.53 Å². The number of hydrogen-bond acceptors (Lipinski definition) is 5. The molecule has 1 aliphatic carbocycles. The third-order valence-electron chi connectivity index (χ3n) is 6.94. The molecule has 1 saturated carbocycles. The molecule has 2 atom stereocenters. The Morgan fingerprint density at radius 3 is 2.72 bits per heavy atom. The summed E-state index contributed by atoms with van der Waals surface area (Å²) in [6.45, 7) is -0.0453. The molecule has 9 heteroatoms. The molecule has 0 spiro atoms. The molecule has 1 amide bonds. The molecule has 1 saturated heterocycles. The molecule has 2 aromatic heterocycles. The van der Waals surface area contributed by atoms with Gasteiger partial charge in [0.05, 0.1) is 24.5 Å². The number of rotatable bonds is 8. The first kappa shape index (κ1) is 24.3. The number of thiocarbonyl (C=S) groups is 1. The van der Waals surface area contributed by atoms with Crippen LogP contribution >= 0.6 is 12.2 Å². The van der Waals surface area contributed by atoms with Crippen LogP contribution in [0.25, 0.3) is 0 Å². The van der Waals surface area contributed by atoms with Crippen molar-refractivity contribution in [2.75, 3.05) is 31.0 Å². The molecular weight excluding hydrogens is 474 g/mol. The fourth-order valence-electron chi connectivity index (χ4n) is 5.37. The van der Waals surface area contributed by atoms with E-state index in [-0.39, 0.29) is 24.6 Å². The molecule has 188 valence electrons. The van der Waals surface area contributed by atoms with Gasteiger partial charge in [-0.25, -0.2) is 0 Å². The Labute approximate surface area is 216 Å². The number of pyridine rings is 1. The van der Waals surface area contributed by atoms with Gasteiger partial charge in [-0.3, -0.25) is 9.78 Å². The minimum absolute atomic E-state index is 0.0453. The van der Waals surface area contributed by atoms with Gasteiger partial charge in [0.15, 0.2) is 5.11 Å². The van der Waals surface area contributed by atoms with Crippen LogP contribution in [0.15, 0.2) is 60.9 Å². The zero-order chi connectivity index (χ0) is 25.1. The predicted molar refractivity (Wildman–Crippen MR) is 143 cm³/mol. The summed E-state index contributed by atoms with van der Waals surface area (Å²) in [6, 6.07) is 16.2. The van der Waals surface area contributed by atoms with Crippen molar-refractivity contribution in [3.8, 4) is 5.75 Å². The smallest absolute Gasteiger partial charge is 0.250 e. The highest BCUT2D eigenvalue weighted by Crippen LogP contribution is 2.45. The molecule has 1 aliphatic heterocycles. The molecule has 0 radical (unpaired) electrons. The first-order chi connectivity index (χ1) is 17.6. The first-order valence-corrected chi connectivity index (χ1v) is 12.7. The van der Waals surface area contributed by atoms with Crippen LogP contribution in [0, 0.1) is 0 Å². The van der Waals surface area contributed by atoms with E-state index in [1.165, 1.54) is 38.5 Å². The van der Waals surface area contributed by atoms with E-state index in [1.807, 2.05) is 42.6 Å². The summed E-state index contributed by atoms with van der Waals surface area (Å²) in [4.78, 5) is 19.1. The van der Waals surface area contributed by atoms with Crippen molar-refractivity contribution < 1.29 is 14.3 Å². The van der Waals surface area contributed by atoms with Gasteiger partial charge >= 0.3 is 0 Å². The largest absolute Gasteiger partial charge is 0.495 e. The number of hydrogen-bond donors (Lipinski definition) is 2. The number of carbonyl (C=O) groups excluding carboxylic acids is 1. The quantitative estimate of drug-likeness (QED) is 0.427. The van der Waals surface area contributed by atoms with E-state index < -0.39 is 0 Å². The van der Waals surface area contributed by atoms with Crippen LogP contribution in [0.4, 0.5) is 11.4 Å².